The maximum absolute atomic E-state index is 12.7. The highest BCUT2D eigenvalue weighted by Crippen LogP contribution is 2.33. The van der Waals surface area contributed by atoms with Gasteiger partial charge in [0.25, 0.3) is 0 Å². The Morgan fingerprint density at radius 1 is 0.667 bits per heavy atom. The highest BCUT2D eigenvalue weighted by molar-refractivity contribution is 5.68. The van der Waals surface area contributed by atoms with E-state index in [4.69, 9.17) is 9.47 Å². The molecule has 0 spiro atoms. The molecule has 2 rings (SSSR count). The number of carbonyl (C=O) groups is 2. The van der Waals surface area contributed by atoms with Crippen LogP contribution in [0, 0.1) is 0 Å². The van der Waals surface area contributed by atoms with Crippen LogP contribution < -0.4 is 10.6 Å². The van der Waals surface area contributed by atoms with E-state index in [0.717, 1.165) is 25.7 Å². The fourth-order valence-corrected chi connectivity index (χ4v) is 6.47. The lowest BCUT2D eigenvalue weighted by Gasteiger charge is -2.50. The van der Waals surface area contributed by atoms with Gasteiger partial charge in [-0.1, -0.05) is 0 Å². The minimum absolute atomic E-state index is 0.0759. The lowest BCUT2D eigenvalue weighted by atomic mass is 9.79. The molecular formula is C25H48N4O4. The van der Waals surface area contributed by atoms with E-state index in [1.807, 2.05) is 9.80 Å². The smallest absolute Gasteiger partial charge is 0.409 e. The molecule has 192 valence electrons. The number of methoxy groups -OCH3 is 2. The van der Waals surface area contributed by atoms with Crippen LogP contribution in [0.1, 0.15) is 87.5 Å². The van der Waals surface area contributed by atoms with E-state index in [2.05, 4.69) is 66.0 Å². The molecule has 0 aromatic heterocycles. The van der Waals surface area contributed by atoms with Gasteiger partial charge in [0.2, 0.25) is 0 Å². The maximum atomic E-state index is 12.7. The van der Waals surface area contributed by atoms with E-state index in [0.29, 0.717) is 19.5 Å². The van der Waals surface area contributed by atoms with E-state index in [1.54, 1.807) is 0 Å². The predicted octanol–water partition coefficient (Wildman–Crippen LogP) is 4.13. The van der Waals surface area contributed by atoms with Gasteiger partial charge in [-0.2, -0.15) is 0 Å². The van der Waals surface area contributed by atoms with Crippen molar-refractivity contribution in [2.75, 3.05) is 27.3 Å². The van der Waals surface area contributed by atoms with Gasteiger partial charge in [-0.3, -0.25) is 0 Å². The van der Waals surface area contributed by atoms with Gasteiger partial charge in [-0.05, 0) is 87.5 Å². The Balaban J connectivity index is 2.14. The van der Waals surface area contributed by atoms with E-state index >= 15 is 0 Å². The summed E-state index contributed by atoms with van der Waals surface area (Å²) >= 11 is 0. The van der Waals surface area contributed by atoms with Crippen LogP contribution in [0.15, 0.2) is 0 Å². The first-order valence-corrected chi connectivity index (χ1v) is 12.3. The lowest BCUT2D eigenvalue weighted by Crippen LogP contribution is -2.63. The van der Waals surface area contributed by atoms with Gasteiger partial charge in [0.05, 0.1) is 14.2 Å². The first-order chi connectivity index (χ1) is 15.0. The summed E-state index contributed by atoms with van der Waals surface area (Å²) < 4.78 is 10.3. The first-order valence-electron chi connectivity index (χ1n) is 12.3. The van der Waals surface area contributed by atoms with Crippen molar-refractivity contribution in [1.29, 1.82) is 0 Å². The van der Waals surface area contributed by atoms with Gasteiger partial charge in [0, 0.05) is 47.3 Å². The number of amides is 2. The zero-order valence-corrected chi connectivity index (χ0v) is 22.6. The number of nitrogens with zero attached hydrogens (tertiary/aromatic N) is 2. The second-order valence-electron chi connectivity index (χ2n) is 12.6. The van der Waals surface area contributed by atoms with Crippen molar-refractivity contribution in [2.24, 2.45) is 0 Å². The minimum atomic E-state index is -0.303. The number of nitrogens with one attached hydrogen (secondary N) is 2. The van der Waals surface area contributed by atoms with Crippen molar-refractivity contribution in [3.05, 3.63) is 0 Å². The zero-order valence-electron chi connectivity index (χ0n) is 22.6. The van der Waals surface area contributed by atoms with Gasteiger partial charge in [-0.25, -0.2) is 9.59 Å². The van der Waals surface area contributed by atoms with E-state index in [1.165, 1.54) is 14.2 Å². The summed E-state index contributed by atoms with van der Waals surface area (Å²) in [7, 11) is 2.87. The molecule has 0 saturated carbocycles. The Kier molecular flexibility index (Phi) is 8.38. The van der Waals surface area contributed by atoms with Crippen molar-refractivity contribution in [2.45, 2.75) is 122 Å². The monoisotopic (exact) mass is 468 g/mol. The van der Waals surface area contributed by atoms with Crippen LogP contribution in [-0.2, 0) is 9.47 Å². The van der Waals surface area contributed by atoms with Crippen molar-refractivity contribution in [3.8, 4) is 0 Å². The molecule has 2 amide bonds. The van der Waals surface area contributed by atoms with Crippen molar-refractivity contribution >= 4 is 12.2 Å². The summed E-state index contributed by atoms with van der Waals surface area (Å²) in [6.07, 6.45) is 3.46. The largest absolute Gasteiger partial charge is 0.453 e. The highest BCUT2D eigenvalue weighted by atomic mass is 16.5. The molecule has 0 aliphatic carbocycles. The van der Waals surface area contributed by atoms with Crippen LogP contribution in [-0.4, -0.2) is 83.5 Å². The zero-order chi connectivity index (χ0) is 25.2. The second-order valence-corrected chi connectivity index (χ2v) is 12.6. The van der Waals surface area contributed by atoms with Gasteiger partial charge in [-0.15, -0.1) is 0 Å². The fourth-order valence-electron chi connectivity index (χ4n) is 6.47. The average molecular weight is 469 g/mol. The van der Waals surface area contributed by atoms with Crippen LogP contribution in [0.3, 0.4) is 0 Å². The first kappa shape index (κ1) is 27.7. The molecule has 2 aliphatic heterocycles. The Bertz CT molecular complexity index is 615. The minimum Gasteiger partial charge on any atom is -0.453 e. The quantitative estimate of drug-likeness (QED) is 0.610. The second kappa shape index (κ2) is 9.98. The summed E-state index contributed by atoms with van der Waals surface area (Å²) in [6.45, 7) is 18.5. The highest BCUT2D eigenvalue weighted by Gasteiger charge is 2.43. The average Bonchev–Trinajstić information content (AvgIpc) is 2.61. The Morgan fingerprint density at radius 3 is 1.18 bits per heavy atom. The molecule has 2 saturated heterocycles. The maximum Gasteiger partial charge on any atom is 0.409 e. The number of hydrogen-bond acceptors (Lipinski definition) is 6. The normalized spacial score (nSPS) is 24.1. The SMILES string of the molecule is COC(=O)N(CCCN(C(=O)OC)C1CC(C)(C)NC(C)(C)C1)C1CC(C)(C)NC(C)(C)C1. The van der Waals surface area contributed by atoms with E-state index < -0.39 is 0 Å². The van der Waals surface area contributed by atoms with Gasteiger partial charge in [0.1, 0.15) is 0 Å². The third kappa shape index (κ3) is 7.74. The molecule has 0 aromatic carbocycles. The van der Waals surface area contributed by atoms with Gasteiger partial charge >= 0.3 is 12.2 Å². The van der Waals surface area contributed by atoms with Crippen molar-refractivity contribution < 1.29 is 19.1 Å². The molecular weight excluding hydrogens is 420 g/mol. The van der Waals surface area contributed by atoms with Crippen LogP contribution in [0.5, 0.6) is 0 Å². The molecule has 0 bridgehead atoms. The van der Waals surface area contributed by atoms with Crippen LogP contribution >= 0.6 is 0 Å². The molecule has 0 atom stereocenters. The topological polar surface area (TPSA) is 83.1 Å². The molecule has 33 heavy (non-hydrogen) atoms. The molecule has 0 unspecified atom stereocenters. The van der Waals surface area contributed by atoms with Gasteiger partial charge in [0.15, 0.2) is 0 Å². The van der Waals surface area contributed by atoms with Crippen molar-refractivity contribution in [1.82, 2.24) is 20.4 Å². The molecule has 8 heteroatoms. The predicted molar refractivity (Wildman–Crippen MR) is 131 cm³/mol. The summed E-state index contributed by atoms with van der Waals surface area (Å²) in [6, 6.07) is 0.152. The molecule has 2 aliphatic rings. The molecule has 2 N–H and O–H groups in total. The number of rotatable bonds is 6. The molecule has 0 aromatic rings. The van der Waals surface area contributed by atoms with Crippen LogP contribution in [0.4, 0.5) is 9.59 Å². The summed E-state index contributed by atoms with van der Waals surface area (Å²) in [5.41, 5.74) is -0.321. The summed E-state index contributed by atoms with van der Waals surface area (Å²) in [4.78, 5) is 29.2. The van der Waals surface area contributed by atoms with Gasteiger partial charge < -0.3 is 29.9 Å². The Hall–Kier alpha value is -1.54. The number of piperidine rings is 2. The van der Waals surface area contributed by atoms with E-state index in [-0.39, 0.29) is 46.4 Å². The third-order valence-corrected chi connectivity index (χ3v) is 6.84. The number of carbonyl (C=O) groups excluding carboxylic acids is 2. The molecule has 2 heterocycles. The standard InChI is InChI=1S/C25H48N4O4/c1-22(2)14-18(15-23(3,4)26-22)28(20(30)32-9)12-11-13-29(21(31)33-10)19-16-24(5,6)27-25(7,8)17-19/h18-19,26-27H,11-17H2,1-10H3. The van der Waals surface area contributed by atoms with Crippen molar-refractivity contribution in [3.63, 3.8) is 0 Å². The number of ether oxygens (including phenoxy) is 2. The fraction of sp³-hybridized carbons (Fsp3) is 0.920. The van der Waals surface area contributed by atoms with Crippen LogP contribution in [0.25, 0.3) is 0 Å². The molecule has 2 fully saturated rings. The summed E-state index contributed by atoms with van der Waals surface area (Å²) in [5.74, 6) is 0. The molecule has 0 radical (unpaired) electrons. The Labute approximate surface area is 201 Å². The number of hydrogen-bond donors (Lipinski definition) is 2. The third-order valence-electron chi connectivity index (χ3n) is 6.84. The molecule has 8 nitrogen and oxygen atoms in total. The Morgan fingerprint density at radius 2 is 0.939 bits per heavy atom. The van der Waals surface area contributed by atoms with Crippen LogP contribution in [0.2, 0.25) is 0 Å². The summed E-state index contributed by atoms with van der Waals surface area (Å²) in [5, 5.41) is 7.35. The lowest BCUT2D eigenvalue weighted by molar-refractivity contribution is 0.0420. The van der Waals surface area contributed by atoms with E-state index in [9.17, 15) is 9.59 Å².